The zero-order chi connectivity index (χ0) is 43.2. The number of carbonyl (C=O) groups is 5. The number of carbonyl (C=O) groups excluding carboxylic acids is 5. The van der Waals surface area contributed by atoms with E-state index in [1.54, 1.807) is 0 Å². The van der Waals surface area contributed by atoms with Crippen molar-refractivity contribution in [3.63, 3.8) is 0 Å². The van der Waals surface area contributed by atoms with E-state index >= 15 is 0 Å². The lowest BCUT2D eigenvalue weighted by Crippen LogP contribution is -2.62. The molecule has 2 fully saturated rings. The molecule has 22 heteroatoms. The van der Waals surface area contributed by atoms with Gasteiger partial charge in [0.1, 0.15) is 31.6 Å². The molecule has 0 saturated carbocycles. The SMILES string of the molecule is CC(OC(=O)OCc1ccc([N+](=O)[O-])cc1)[C@H]1C(=O)N2C(C(=O)OCc3ccc([N+](=O)[O-])cc3)=C(S[C@H]3C[C@@H](CC(N)=O)N(C(=O)OCc4ccc([N+](=O)[O-])cc4)C3)C[C@H]12. The van der Waals surface area contributed by atoms with E-state index in [0.29, 0.717) is 21.6 Å². The average molecular weight is 849 g/mol. The number of thioether (sulfide) groups is 1. The van der Waals surface area contributed by atoms with Crippen LogP contribution >= 0.6 is 11.8 Å². The number of non-ortho nitro benzene ring substituents is 3. The predicted octanol–water partition coefficient (Wildman–Crippen LogP) is 5.03. The molecule has 3 aromatic carbocycles. The molecule has 1 unspecified atom stereocenters. The summed E-state index contributed by atoms with van der Waals surface area (Å²) in [6, 6.07) is 14.8. The van der Waals surface area contributed by atoms with E-state index in [1.165, 1.54) is 101 Å². The maximum atomic E-state index is 13.8. The molecular formula is C38H36N6O15S. The number of amides is 3. The first-order chi connectivity index (χ1) is 28.6. The first kappa shape index (κ1) is 42.5. The molecule has 0 radical (unpaired) electrons. The van der Waals surface area contributed by atoms with Crippen LogP contribution in [-0.2, 0) is 53.2 Å². The molecule has 314 valence electrons. The number of β-lactam (4-membered cyclic amide) rings is 1. The third-order valence-electron chi connectivity index (χ3n) is 10.0. The van der Waals surface area contributed by atoms with E-state index in [0.717, 1.165) is 0 Å². The molecule has 3 aromatic rings. The Morgan fingerprint density at radius 3 is 1.75 bits per heavy atom. The Morgan fingerprint density at radius 2 is 1.27 bits per heavy atom. The molecule has 3 amide bonds. The van der Waals surface area contributed by atoms with Crippen LogP contribution in [-0.4, -0.2) is 84.6 Å². The number of nitrogens with two attached hydrogens (primary N) is 1. The monoisotopic (exact) mass is 848 g/mol. The van der Waals surface area contributed by atoms with Gasteiger partial charge in [-0.2, -0.15) is 0 Å². The van der Waals surface area contributed by atoms with Crippen LogP contribution in [0.15, 0.2) is 83.4 Å². The number of fused-ring (bicyclic) bond motifs is 1. The average Bonchev–Trinajstić information content (AvgIpc) is 3.76. The minimum absolute atomic E-state index is 0.0541. The van der Waals surface area contributed by atoms with Crippen LogP contribution in [0.4, 0.5) is 26.7 Å². The normalized spacial score (nSPS) is 19.8. The summed E-state index contributed by atoms with van der Waals surface area (Å²) in [5, 5.41) is 32.6. The molecule has 0 aromatic heterocycles. The van der Waals surface area contributed by atoms with Gasteiger partial charge in [0.2, 0.25) is 11.8 Å². The van der Waals surface area contributed by atoms with Gasteiger partial charge in [-0.05, 0) is 66.4 Å². The Kier molecular flexibility index (Phi) is 12.9. The Bertz CT molecular complexity index is 2240. The zero-order valence-corrected chi connectivity index (χ0v) is 32.4. The molecule has 3 aliphatic heterocycles. The zero-order valence-electron chi connectivity index (χ0n) is 31.6. The van der Waals surface area contributed by atoms with Crippen molar-refractivity contribution >= 4 is 58.9 Å². The first-order valence-electron chi connectivity index (χ1n) is 18.2. The summed E-state index contributed by atoms with van der Waals surface area (Å²) in [5.41, 5.74) is 6.39. The summed E-state index contributed by atoms with van der Waals surface area (Å²) in [6.07, 6.45) is -2.69. The molecular weight excluding hydrogens is 813 g/mol. The van der Waals surface area contributed by atoms with Crippen LogP contribution in [0.1, 0.15) is 42.9 Å². The molecule has 3 aliphatic rings. The van der Waals surface area contributed by atoms with E-state index in [1.807, 2.05) is 0 Å². The quantitative estimate of drug-likeness (QED) is 0.0650. The van der Waals surface area contributed by atoms with Gasteiger partial charge >= 0.3 is 18.2 Å². The fourth-order valence-electron chi connectivity index (χ4n) is 7.11. The highest BCUT2D eigenvalue weighted by atomic mass is 32.2. The number of esters is 1. The van der Waals surface area contributed by atoms with Crippen LogP contribution in [0, 0.1) is 36.3 Å². The lowest BCUT2D eigenvalue weighted by molar-refractivity contribution is -0.385. The number of likely N-dealkylation sites (tertiary alicyclic amines) is 1. The molecule has 2 saturated heterocycles. The smallest absolute Gasteiger partial charge is 0.456 e. The minimum Gasteiger partial charge on any atom is -0.456 e. The number of nitrogens with zero attached hydrogens (tertiary/aromatic N) is 5. The highest BCUT2D eigenvalue weighted by Gasteiger charge is 2.58. The van der Waals surface area contributed by atoms with Gasteiger partial charge < -0.3 is 34.5 Å². The van der Waals surface area contributed by atoms with E-state index in [4.69, 9.17) is 24.7 Å². The number of rotatable bonds is 16. The van der Waals surface area contributed by atoms with Gasteiger partial charge in [0.05, 0.1) is 26.7 Å². The van der Waals surface area contributed by atoms with Gasteiger partial charge in [-0.1, -0.05) is 0 Å². The van der Waals surface area contributed by atoms with E-state index in [-0.39, 0.29) is 68.4 Å². The second-order valence-corrected chi connectivity index (χ2v) is 15.4. The van der Waals surface area contributed by atoms with Crippen molar-refractivity contribution in [1.29, 1.82) is 0 Å². The molecule has 0 bridgehead atoms. The predicted molar refractivity (Wildman–Crippen MR) is 206 cm³/mol. The largest absolute Gasteiger partial charge is 0.508 e. The molecule has 21 nitrogen and oxygen atoms in total. The maximum absolute atomic E-state index is 13.8. The maximum Gasteiger partial charge on any atom is 0.508 e. The third-order valence-corrected chi connectivity index (χ3v) is 11.4. The minimum atomic E-state index is -1.10. The Morgan fingerprint density at radius 1 is 0.783 bits per heavy atom. The van der Waals surface area contributed by atoms with Crippen LogP contribution < -0.4 is 5.73 Å². The fourth-order valence-corrected chi connectivity index (χ4v) is 8.63. The van der Waals surface area contributed by atoms with Crippen molar-refractivity contribution in [2.24, 2.45) is 11.7 Å². The Balaban J connectivity index is 1.15. The number of ether oxygens (including phenoxy) is 4. The van der Waals surface area contributed by atoms with Crippen LogP contribution in [0.3, 0.4) is 0 Å². The van der Waals surface area contributed by atoms with E-state index in [9.17, 15) is 54.3 Å². The number of nitro groups is 3. The second kappa shape index (κ2) is 18.2. The van der Waals surface area contributed by atoms with Gasteiger partial charge in [-0.3, -0.25) is 39.9 Å². The lowest BCUT2D eigenvalue weighted by Gasteiger charge is -2.45. The van der Waals surface area contributed by atoms with Gasteiger partial charge in [0, 0.05) is 72.0 Å². The summed E-state index contributed by atoms with van der Waals surface area (Å²) < 4.78 is 21.7. The molecule has 0 spiro atoms. The topological polar surface area (TPSA) is 284 Å². The lowest BCUT2D eigenvalue weighted by atomic mass is 9.83. The first-order valence-corrected chi connectivity index (χ1v) is 19.1. The number of primary amides is 1. The number of hydrogen-bond acceptors (Lipinski definition) is 16. The molecule has 3 heterocycles. The van der Waals surface area contributed by atoms with Gasteiger partial charge in [0.25, 0.3) is 17.1 Å². The van der Waals surface area contributed by atoms with Crippen molar-refractivity contribution in [2.75, 3.05) is 6.54 Å². The molecule has 5 atom stereocenters. The van der Waals surface area contributed by atoms with Crippen LogP contribution in [0.25, 0.3) is 0 Å². The number of benzene rings is 3. The molecule has 2 N–H and O–H groups in total. The Hall–Kier alpha value is -7.10. The van der Waals surface area contributed by atoms with Crippen LogP contribution in [0.2, 0.25) is 0 Å². The van der Waals surface area contributed by atoms with E-state index < -0.39 is 74.2 Å². The van der Waals surface area contributed by atoms with Crippen molar-refractivity contribution in [3.05, 3.63) is 130 Å². The van der Waals surface area contributed by atoms with Crippen molar-refractivity contribution < 1.29 is 57.7 Å². The van der Waals surface area contributed by atoms with Crippen molar-refractivity contribution in [2.45, 2.75) is 69.4 Å². The highest BCUT2D eigenvalue weighted by molar-refractivity contribution is 8.03. The number of hydrogen-bond donors (Lipinski definition) is 1. The van der Waals surface area contributed by atoms with Gasteiger partial charge in [-0.15, -0.1) is 11.8 Å². The summed E-state index contributed by atoms with van der Waals surface area (Å²) in [4.78, 5) is 99.9. The van der Waals surface area contributed by atoms with Crippen LogP contribution in [0.5, 0.6) is 0 Å². The third kappa shape index (κ3) is 9.77. The summed E-state index contributed by atoms with van der Waals surface area (Å²) in [6.45, 7) is 0.793. The standard InChI is InChI=1S/C38H36N6O15S/c1-21(59-38(49)58-20-24-6-12-27(13-7-24)44(54)55)33-30-16-31(34(41(30)35(33)46)36(47)56-18-22-2-8-25(9-3-22)42(50)51)60-29-14-28(15-32(39)45)40(17-29)37(48)57-19-23-4-10-26(11-5-23)43(52)53/h2-13,21,28-30,33H,14-20H2,1H3,(H2,39,45)/t21?,28-,29-,30+,33+/m0/s1. The molecule has 0 aliphatic carbocycles. The van der Waals surface area contributed by atoms with Gasteiger partial charge in [0.15, 0.2) is 0 Å². The summed E-state index contributed by atoms with van der Waals surface area (Å²) in [7, 11) is 0. The fraction of sp³-hybridized carbons (Fsp3) is 0.342. The highest BCUT2D eigenvalue weighted by Crippen LogP contribution is 2.50. The van der Waals surface area contributed by atoms with Gasteiger partial charge in [-0.25, -0.2) is 14.4 Å². The van der Waals surface area contributed by atoms with Crippen molar-refractivity contribution in [3.8, 4) is 0 Å². The summed E-state index contributed by atoms with van der Waals surface area (Å²) >= 11 is 1.20. The second-order valence-electron chi connectivity index (χ2n) is 14.0. The Labute approximate surface area is 343 Å². The number of nitro benzene ring substituents is 3. The summed E-state index contributed by atoms with van der Waals surface area (Å²) in [5.74, 6) is -2.98. The van der Waals surface area contributed by atoms with E-state index in [2.05, 4.69) is 0 Å². The molecule has 6 rings (SSSR count). The van der Waals surface area contributed by atoms with Crippen molar-refractivity contribution in [1.82, 2.24) is 9.80 Å². The molecule has 60 heavy (non-hydrogen) atoms.